The van der Waals surface area contributed by atoms with Gasteiger partial charge in [0.15, 0.2) is 0 Å². The van der Waals surface area contributed by atoms with Crippen LogP contribution in [0.4, 0.5) is 5.95 Å². The summed E-state index contributed by atoms with van der Waals surface area (Å²) in [4.78, 5) is 20.4. The zero-order valence-corrected chi connectivity index (χ0v) is 13.3. The Balaban J connectivity index is 1.68. The largest absolute Gasteiger partial charge is 0.289 e. The van der Waals surface area contributed by atoms with Crippen molar-refractivity contribution in [3.8, 4) is 0 Å². The molecule has 0 aliphatic heterocycles. The maximum Gasteiger partial charge on any atom is 0.258 e. The monoisotopic (exact) mass is 347 g/mol. The summed E-state index contributed by atoms with van der Waals surface area (Å²) < 4.78 is 1.59. The Hall–Kier alpha value is -2.44. The lowest BCUT2D eigenvalue weighted by Crippen LogP contribution is -2.13. The number of halogens is 2. The van der Waals surface area contributed by atoms with Gasteiger partial charge in [-0.3, -0.25) is 15.1 Å². The van der Waals surface area contributed by atoms with Gasteiger partial charge in [-0.2, -0.15) is 0 Å². The van der Waals surface area contributed by atoms with E-state index in [0.29, 0.717) is 22.2 Å². The van der Waals surface area contributed by atoms with Gasteiger partial charge in [0.1, 0.15) is 6.33 Å². The quantitative estimate of drug-likeness (QED) is 0.785. The molecule has 3 rings (SSSR count). The van der Waals surface area contributed by atoms with Crippen molar-refractivity contribution in [2.45, 2.75) is 6.54 Å². The van der Waals surface area contributed by atoms with E-state index in [9.17, 15) is 4.79 Å². The molecule has 0 radical (unpaired) electrons. The van der Waals surface area contributed by atoms with Gasteiger partial charge in [-0.1, -0.05) is 29.3 Å². The second-order valence-corrected chi connectivity index (χ2v) is 5.48. The fraction of sp³-hybridized carbons (Fsp3) is 0.0667. The number of anilines is 1. The average molecular weight is 348 g/mol. The molecule has 6 nitrogen and oxygen atoms in total. The molecule has 0 saturated heterocycles. The van der Waals surface area contributed by atoms with Crippen molar-refractivity contribution in [3.63, 3.8) is 0 Å². The lowest BCUT2D eigenvalue weighted by Gasteiger charge is -2.03. The summed E-state index contributed by atoms with van der Waals surface area (Å²) in [5.41, 5.74) is 1.22. The van der Waals surface area contributed by atoms with Gasteiger partial charge in [-0.15, -0.1) is 5.10 Å². The molecule has 0 atom stereocenters. The fourth-order valence-electron chi connectivity index (χ4n) is 1.90. The average Bonchev–Trinajstić information content (AvgIpc) is 2.98. The molecule has 0 bridgehead atoms. The summed E-state index contributed by atoms with van der Waals surface area (Å²) in [6.07, 6.45) is 3.23. The number of nitrogens with zero attached hydrogens (tertiary/aromatic N) is 4. The summed E-state index contributed by atoms with van der Waals surface area (Å²) in [6, 6.07) is 10.3. The Morgan fingerprint density at radius 3 is 2.74 bits per heavy atom. The number of hydrogen-bond acceptors (Lipinski definition) is 4. The number of aromatic nitrogens is 4. The highest BCUT2D eigenvalue weighted by Gasteiger charge is 2.11. The molecule has 0 unspecified atom stereocenters. The topological polar surface area (TPSA) is 72.7 Å². The van der Waals surface area contributed by atoms with Crippen molar-refractivity contribution in [1.82, 2.24) is 19.7 Å². The molecule has 0 aliphatic carbocycles. The van der Waals surface area contributed by atoms with Crippen LogP contribution in [0.3, 0.4) is 0 Å². The van der Waals surface area contributed by atoms with Gasteiger partial charge in [0.25, 0.3) is 5.91 Å². The summed E-state index contributed by atoms with van der Waals surface area (Å²) in [7, 11) is 0. The molecule has 23 heavy (non-hydrogen) atoms. The van der Waals surface area contributed by atoms with Crippen molar-refractivity contribution < 1.29 is 4.79 Å². The summed E-state index contributed by atoms with van der Waals surface area (Å²) in [5.74, 6) is -0.156. The normalized spacial score (nSPS) is 10.5. The van der Waals surface area contributed by atoms with E-state index in [1.54, 1.807) is 23.0 Å². The number of hydrogen-bond donors (Lipinski definition) is 1. The first-order valence-electron chi connectivity index (χ1n) is 6.67. The third-order valence-corrected chi connectivity index (χ3v) is 3.73. The van der Waals surface area contributed by atoms with Gasteiger partial charge in [-0.25, -0.2) is 9.67 Å². The smallest absolute Gasteiger partial charge is 0.258 e. The first kappa shape index (κ1) is 15.5. The number of rotatable bonds is 4. The van der Waals surface area contributed by atoms with E-state index in [0.717, 1.165) is 5.69 Å². The van der Waals surface area contributed by atoms with Gasteiger partial charge < -0.3 is 0 Å². The van der Waals surface area contributed by atoms with Crippen molar-refractivity contribution >= 4 is 35.1 Å². The van der Waals surface area contributed by atoms with E-state index in [2.05, 4.69) is 20.4 Å². The molecule has 0 aliphatic rings. The van der Waals surface area contributed by atoms with Gasteiger partial charge in [0.2, 0.25) is 5.95 Å². The highest BCUT2D eigenvalue weighted by molar-refractivity contribution is 6.42. The fourth-order valence-corrected chi connectivity index (χ4v) is 2.19. The van der Waals surface area contributed by atoms with Crippen molar-refractivity contribution in [2.75, 3.05) is 5.32 Å². The predicted octanol–water partition coefficient (Wildman–Crippen LogP) is 3.28. The Bertz CT molecular complexity index is 835. The van der Waals surface area contributed by atoms with E-state index < -0.39 is 0 Å². The van der Waals surface area contributed by atoms with E-state index in [-0.39, 0.29) is 11.9 Å². The standard InChI is InChI=1S/C15H11Cl2N5O/c16-12-5-4-10(7-13(12)17)14(23)20-15-19-9-22(21-15)8-11-3-1-2-6-18-11/h1-7,9H,8H2,(H,20,21,23). The molecule has 8 heteroatoms. The Morgan fingerprint density at radius 2 is 2.00 bits per heavy atom. The van der Waals surface area contributed by atoms with Gasteiger partial charge >= 0.3 is 0 Å². The molecule has 1 amide bonds. The molecular formula is C15H11Cl2N5O. The van der Waals surface area contributed by atoms with Crippen molar-refractivity contribution in [1.29, 1.82) is 0 Å². The van der Waals surface area contributed by atoms with E-state index in [1.807, 2.05) is 18.2 Å². The lowest BCUT2D eigenvalue weighted by atomic mass is 10.2. The number of pyridine rings is 1. The van der Waals surface area contributed by atoms with Crippen molar-refractivity contribution in [3.05, 3.63) is 70.2 Å². The second kappa shape index (κ2) is 6.76. The molecule has 1 N–H and O–H groups in total. The predicted molar refractivity (Wildman–Crippen MR) is 87.8 cm³/mol. The number of amides is 1. The minimum Gasteiger partial charge on any atom is -0.289 e. The third kappa shape index (κ3) is 3.85. The Morgan fingerprint density at radius 1 is 1.13 bits per heavy atom. The molecule has 2 heterocycles. The molecule has 0 saturated carbocycles. The molecule has 0 spiro atoms. The third-order valence-electron chi connectivity index (χ3n) is 2.99. The van der Waals surface area contributed by atoms with Crippen LogP contribution in [0.5, 0.6) is 0 Å². The van der Waals surface area contributed by atoms with Gasteiger partial charge in [0.05, 0.1) is 22.3 Å². The number of carbonyl (C=O) groups excluding carboxylic acids is 1. The highest BCUT2D eigenvalue weighted by atomic mass is 35.5. The van der Waals surface area contributed by atoms with E-state index >= 15 is 0 Å². The van der Waals surface area contributed by atoms with Crippen LogP contribution in [0.1, 0.15) is 16.1 Å². The van der Waals surface area contributed by atoms with Crippen LogP contribution >= 0.6 is 23.2 Å². The molecule has 116 valence electrons. The number of nitrogens with one attached hydrogen (secondary N) is 1. The van der Waals surface area contributed by atoms with Crippen LogP contribution in [0.25, 0.3) is 0 Å². The van der Waals surface area contributed by atoms with Crippen LogP contribution in [0.2, 0.25) is 10.0 Å². The van der Waals surface area contributed by atoms with Crippen molar-refractivity contribution in [2.24, 2.45) is 0 Å². The summed E-state index contributed by atoms with van der Waals surface area (Å²) in [6.45, 7) is 0.469. The number of benzene rings is 1. The molecular weight excluding hydrogens is 337 g/mol. The minimum absolute atomic E-state index is 0.206. The van der Waals surface area contributed by atoms with Crippen LogP contribution in [0, 0.1) is 0 Å². The maximum atomic E-state index is 12.1. The summed E-state index contributed by atoms with van der Waals surface area (Å²) in [5, 5.41) is 7.50. The van der Waals surface area contributed by atoms with Gasteiger partial charge in [0, 0.05) is 11.8 Å². The van der Waals surface area contributed by atoms with Crippen LogP contribution in [-0.2, 0) is 6.54 Å². The molecule has 0 fully saturated rings. The van der Waals surface area contributed by atoms with E-state index in [4.69, 9.17) is 23.2 Å². The number of carbonyl (C=O) groups is 1. The maximum absolute atomic E-state index is 12.1. The summed E-state index contributed by atoms with van der Waals surface area (Å²) >= 11 is 11.7. The zero-order valence-electron chi connectivity index (χ0n) is 11.8. The first-order valence-corrected chi connectivity index (χ1v) is 7.43. The SMILES string of the molecule is O=C(Nc1ncn(Cc2ccccn2)n1)c1ccc(Cl)c(Cl)c1. The Kier molecular flexibility index (Phi) is 4.55. The molecule has 2 aromatic heterocycles. The zero-order chi connectivity index (χ0) is 16.2. The minimum atomic E-state index is -0.362. The van der Waals surface area contributed by atoms with E-state index in [1.165, 1.54) is 12.4 Å². The highest BCUT2D eigenvalue weighted by Crippen LogP contribution is 2.22. The van der Waals surface area contributed by atoms with Crippen LogP contribution < -0.4 is 5.32 Å². The lowest BCUT2D eigenvalue weighted by molar-refractivity contribution is 0.102. The molecule has 3 aromatic rings. The Labute approximate surface area is 142 Å². The second-order valence-electron chi connectivity index (χ2n) is 4.67. The first-order chi connectivity index (χ1) is 11.1. The van der Waals surface area contributed by atoms with Gasteiger partial charge in [-0.05, 0) is 30.3 Å². The van der Waals surface area contributed by atoms with Crippen LogP contribution in [0.15, 0.2) is 48.9 Å². The van der Waals surface area contributed by atoms with Crippen LogP contribution in [-0.4, -0.2) is 25.7 Å². The molecule has 1 aromatic carbocycles.